The van der Waals surface area contributed by atoms with Crippen molar-refractivity contribution in [2.45, 2.75) is 38.2 Å². The first-order chi connectivity index (χ1) is 13.4. The topological polar surface area (TPSA) is 126 Å². The molecule has 1 saturated heterocycles. The molecule has 0 bridgehead atoms. The summed E-state index contributed by atoms with van der Waals surface area (Å²) in [6.45, 7) is 5.38. The molecule has 0 aromatic heterocycles. The molecule has 4 N–H and O–H groups in total. The maximum absolute atomic E-state index is 12.4. The van der Waals surface area contributed by atoms with Crippen molar-refractivity contribution in [1.82, 2.24) is 5.32 Å². The van der Waals surface area contributed by atoms with Crippen LogP contribution in [0.2, 0.25) is 0 Å². The lowest BCUT2D eigenvalue weighted by atomic mass is 9.98. The van der Waals surface area contributed by atoms with Crippen molar-refractivity contribution in [2.24, 2.45) is 0 Å². The Hall–Kier alpha value is -2.44. The van der Waals surface area contributed by atoms with Crippen molar-refractivity contribution < 1.29 is 24.9 Å². The summed E-state index contributed by atoms with van der Waals surface area (Å²) in [5.74, 6) is -0.669. The highest BCUT2D eigenvalue weighted by Crippen LogP contribution is 2.18. The number of carbonyl (C=O) groups excluding carboxylic acids is 1. The molecule has 1 aliphatic heterocycles. The first kappa shape index (κ1) is 21.9. The fraction of sp³-hybridized carbons (Fsp3) is 0.500. The van der Waals surface area contributed by atoms with Crippen LogP contribution in [0.3, 0.4) is 0 Å². The van der Waals surface area contributed by atoms with Gasteiger partial charge < -0.3 is 30.3 Å². The molecule has 1 fully saturated rings. The average molecular weight is 389 g/mol. The molecule has 0 radical (unpaired) electrons. The van der Waals surface area contributed by atoms with Crippen LogP contribution in [-0.4, -0.2) is 71.9 Å². The monoisotopic (exact) mass is 389 g/mol. The summed E-state index contributed by atoms with van der Waals surface area (Å²) < 4.78 is 5.23. The van der Waals surface area contributed by atoms with Gasteiger partial charge in [0.05, 0.1) is 19.3 Å². The summed E-state index contributed by atoms with van der Waals surface area (Å²) in [4.78, 5) is 14.6. The summed E-state index contributed by atoms with van der Waals surface area (Å²) in [5, 5.41) is 40.9. The Morgan fingerprint density at radius 2 is 1.93 bits per heavy atom. The van der Waals surface area contributed by atoms with Gasteiger partial charge in [-0.2, -0.15) is 5.26 Å². The number of ether oxygens (including phenoxy) is 1. The molecule has 1 heterocycles. The van der Waals surface area contributed by atoms with Gasteiger partial charge in [0.25, 0.3) is 5.91 Å². The number of amides is 1. The molecule has 152 valence electrons. The summed E-state index contributed by atoms with van der Waals surface area (Å²) in [6.07, 6.45) is -2.07. The molecule has 1 aliphatic rings. The largest absolute Gasteiger partial charge is 0.394 e. The highest BCUT2D eigenvalue weighted by molar-refractivity contribution is 6.01. The maximum atomic E-state index is 12.4. The average Bonchev–Trinajstić information content (AvgIpc) is 2.71. The predicted octanol–water partition coefficient (Wildman–Crippen LogP) is 0.0375. The van der Waals surface area contributed by atoms with Crippen LogP contribution in [0.1, 0.15) is 19.4 Å². The van der Waals surface area contributed by atoms with Gasteiger partial charge in [0, 0.05) is 18.8 Å². The molecule has 1 amide bonds. The van der Waals surface area contributed by atoms with Crippen LogP contribution in [-0.2, 0) is 9.53 Å². The van der Waals surface area contributed by atoms with Gasteiger partial charge in [-0.3, -0.25) is 4.79 Å². The Morgan fingerprint density at radius 1 is 1.29 bits per heavy atom. The number of aliphatic hydroxyl groups is 3. The van der Waals surface area contributed by atoms with Crippen LogP contribution in [0.25, 0.3) is 6.08 Å². The second-order valence-corrected chi connectivity index (χ2v) is 6.55. The van der Waals surface area contributed by atoms with Gasteiger partial charge in [-0.15, -0.1) is 0 Å². The van der Waals surface area contributed by atoms with Crippen molar-refractivity contribution in [1.29, 1.82) is 5.26 Å². The first-order valence-corrected chi connectivity index (χ1v) is 9.31. The molecule has 2 rings (SSSR count). The lowest BCUT2D eigenvalue weighted by Crippen LogP contribution is -2.60. The number of anilines is 1. The zero-order valence-corrected chi connectivity index (χ0v) is 16.1. The first-order valence-electron chi connectivity index (χ1n) is 9.31. The standard InChI is InChI=1S/C20H27N3O5/c1-3-23(4-2)15-7-5-13(6-8-15)9-14(10-21)20(27)22-16-12-28-17(11-24)19(26)18(16)25/h5-9,16-19,24-26H,3-4,11-12H2,1-2H3,(H,22,27)/b14-9+/t16-,17+,18+,19+/m0/s1. The van der Waals surface area contributed by atoms with E-state index >= 15 is 0 Å². The van der Waals surface area contributed by atoms with Gasteiger partial charge in [-0.1, -0.05) is 12.1 Å². The Morgan fingerprint density at radius 3 is 2.46 bits per heavy atom. The van der Waals surface area contributed by atoms with E-state index in [1.807, 2.05) is 30.3 Å². The van der Waals surface area contributed by atoms with Gasteiger partial charge >= 0.3 is 0 Å². The molecular weight excluding hydrogens is 362 g/mol. The van der Waals surface area contributed by atoms with E-state index in [0.29, 0.717) is 5.56 Å². The third kappa shape index (κ3) is 5.09. The van der Waals surface area contributed by atoms with E-state index in [9.17, 15) is 20.3 Å². The summed E-state index contributed by atoms with van der Waals surface area (Å²) in [5.41, 5.74) is 1.63. The van der Waals surface area contributed by atoms with E-state index in [2.05, 4.69) is 24.1 Å². The molecule has 0 unspecified atom stereocenters. The fourth-order valence-corrected chi connectivity index (χ4v) is 3.10. The second kappa shape index (κ2) is 10.2. The summed E-state index contributed by atoms with van der Waals surface area (Å²) in [6, 6.07) is 8.48. The van der Waals surface area contributed by atoms with Gasteiger partial charge in [-0.05, 0) is 37.6 Å². The molecule has 1 aromatic rings. The lowest BCUT2D eigenvalue weighted by molar-refractivity contribution is -0.163. The molecule has 4 atom stereocenters. The normalized spacial score (nSPS) is 25.1. The van der Waals surface area contributed by atoms with E-state index in [-0.39, 0.29) is 12.2 Å². The molecule has 1 aromatic carbocycles. The third-order valence-electron chi connectivity index (χ3n) is 4.83. The molecule has 8 heteroatoms. The van der Waals surface area contributed by atoms with Crippen molar-refractivity contribution in [3.63, 3.8) is 0 Å². The second-order valence-electron chi connectivity index (χ2n) is 6.55. The number of rotatable bonds is 7. The van der Waals surface area contributed by atoms with Crippen LogP contribution < -0.4 is 10.2 Å². The fourth-order valence-electron chi connectivity index (χ4n) is 3.10. The smallest absolute Gasteiger partial charge is 0.262 e. The Balaban J connectivity index is 2.08. The zero-order chi connectivity index (χ0) is 20.7. The van der Waals surface area contributed by atoms with E-state index in [1.165, 1.54) is 6.08 Å². The van der Waals surface area contributed by atoms with Crippen molar-refractivity contribution in [2.75, 3.05) is 31.2 Å². The third-order valence-corrected chi connectivity index (χ3v) is 4.83. The Labute approximate surface area is 164 Å². The highest BCUT2D eigenvalue weighted by Gasteiger charge is 2.39. The summed E-state index contributed by atoms with van der Waals surface area (Å²) in [7, 11) is 0. The SMILES string of the molecule is CCN(CC)c1ccc(/C=C(\C#N)C(=O)N[C@H]2CO[C@H](CO)[C@@H](O)[C@@H]2O)cc1. The zero-order valence-electron chi connectivity index (χ0n) is 16.1. The Kier molecular flexibility index (Phi) is 7.96. The van der Waals surface area contributed by atoms with Crippen LogP contribution in [0.5, 0.6) is 0 Å². The van der Waals surface area contributed by atoms with Crippen molar-refractivity contribution in [3.8, 4) is 6.07 Å². The van der Waals surface area contributed by atoms with Gasteiger partial charge in [0.1, 0.15) is 30.0 Å². The van der Waals surface area contributed by atoms with E-state index in [0.717, 1.165) is 18.8 Å². The van der Waals surface area contributed by atoms with Crippen LogP contribution >= 0.6 is 0 Å². The molecule has 0 saturated carbocycles. The number of nitriles is 1. The minimum absolute atomic E-state index is 0.0769. The minimum atomic E-state index is -1.33. The number of nitrogens with one attached hydrogen (secondary N) is 1. The molecule has 28 heavy (non-hydrogen) atoms. The van der Waals surface area contributed by atoms with E-state index in [1.54, 1.807) is 0 Å². The van der Waals surface area contributed by atoms with Crippen LogP contribution in [0, 0.1) is 11.3 Å². The van der Waals surface area contributed by atoms with Gasteiger partial charge in [0.15, 0.2) is 0 Å². The molecule has 8 nitrogen and oxygen atoms in total. The van der Waals surface area contributed by atoms with Crippen LogP contribution in [0.4, 0.5) is 5.69 Å². The maximum Gasteiger partial charge on any atom is 0.262 e. The van der Waals surface area contributed by atoms with Crippen LogP contribution in [0.15, 0.2) is 29.8 Å². The summed E-state index contributed by atoms with van der Waals surface area (Å²) >= 11 is 0. The van der Waals surface area contributed by atoms with E-state index in [4.69, 9.17) is 9.84 Å². The predicted molar refractivity (Wildman–Crippen MR) is 104 cm³/mol. The molecule has 0 spiro atoms. The van der Waals surface area contributed by atoms with Gasteiger partial charge in [0.2, 0.25) is 0 Å². The Bertz CT molecular complexity index is 724. The highest BCUT2D eigenvalue weighted by atomic mass is 16.5. The number of hydrogen-bond donors (Lipinski definition) is 4. The van der Waals surface area contributed by atoms with Gasteiger partial charge in [-0.25, -0.2) is 0 Å². The number of hydrogen-bond acceptors (Lipinski definition) is 7. The lowest BCUT2D eigenvalue weighted by Gasteiger charge is -2.37. The van der Waals surface area contributed by atoms with Crippen molar-refractivity contribution in [3.05, 3.63) is 35.4 Å². The van der Waals surface area contributed by atoms with Crippen molar-refractivity contribution >= 4 is 17.7 Å². The van der Waals surface area contributed by atoms with E-state index < -0.39 is 36.9 Å². The minimum Gasteiger partial charge on any atom is -0.394 e. The number of carbonyl (C=O) groups is 1. The number of aliphatic hydroxyl groups excluding tert-OH is 3. The number of benzene rings is 1. The molecule has 0 aliphatic carbocycles. The quantitative estimate of drug-likeness (QED) is 0.383. The molecular formula is C20H27N3O5. The number of nitrogens with zero attached hydrogens (tertiary/aromatic N) is 2.